The molecule has 0 aliphatic heterocycles. The molecule has 1 aromatic rings. The summed E-state index contributed by atoms with van der Waals surface area (Å²) >= 11 is 0. The molecule has 0 aliphatic rings. The van der Waals surface area contributed by atoms with Crippen LogP contribution in [0.5, 0.6) is 0 Å². The highest BCUT2D eigenvalue weighted by atomic mass is 16.5. The van der Waals surface area contributed by atoms with Gasteiger partial charge in [-0.1, -0.05) is 5.92 Å². The van der Waals surface area contributed by atoms with E-state index >= 15 is 0 Å². The van der Waals surface area contributed by atoms with E-state index in [1.807, 2.05) is 0 Å². The zero-order valence-corrected chi connectivity index (χ0v) is 8.90. The number of hydrogen-bond acceptors (Lipinski definition) is 4. The fraction of sp³-hybridized carbons (Fsp3) is 0.250. The average Bonchev–Trinajstić information content (AvgIpc) is 2.30. The van der Waals surface area contributed by atoms with Crippen molar-refractivity contribution in [1.82, 2.24) is 4.98 Å². The summed E-state index contributed by atoms with van der Waals surface area (Å²) in [6.07, 6.45) is 2.19. The first-order valence-electron chi connectivity index (χ1n) is 4.82. The highest BCUT2D eigenvalue weighted by Gasteiger charge is 1.96. The van der Waals surface area contributed by atoms with E-state index in [2.05, 4.69) is 16.8 Å². The van der Waals surface area contributed by atoms with Crippen molar-refractivity contribution in [2.24, 2.45) is 0 Å². The number of rotatable bonds is 3. The van der Waals surface area contributed by atoms with Crippen LogP contribution in [0, 0.1) is 11.8 Å². The molecule has 1 rings (SSSR count). The minimum atomic E-state index is -0.348. The molecular weight excluding hydrogens is 206 g/mol. The summed E-state index contributed by atoms with van der Waals surface area (Å²) in [6.45, 7) is 2.10. The lowest BCUT2D eigenvalue weighted by Gasteiger charge is -1.94. The summed E-state index contributed by atoms with van der Waals surface area (Å²) in [5, 5.41) is 0. The summed E-state index contributed by atoms with van der Waals surface area (Å²) < 4.78 is 4.71. The van der Waals surface area contributed by atoms with Crippen LogP contribution < -0.4 is 0 Å². The summed E-state index contributed by atoms with van der Waals surface area (Å²) in [4.78, 5) is 25.2. The topological polar surface area (TPSA) is 56.3 Å². The van der Waals surface area contributed by atoms with Gasteiger partial charge in [0.2, 0.25) is 0 Å². The lowest BCUT2D eigenvalue weighted by molar-refractivity contribution is -0.141. The Hall–Kier alpha value is -2.15. The molecular formula is C12H11NO3. The summed E-state index contributed by atoms with van der Waals surface area (Å²) in [7, 11) is 0. The fourth-order valence-corrected chi connectivity index (χ4v) is 0.968. The lowest BCUT2D eigenvalue weighted by Crippen LogP contribution is -2.01. The number of ether oxygens (including phenoxy) is 1. The van der Waals surface area contributed by atoms with Gasteiger partial charge < -0.3 is 4.74 Å². The number of carbonyl (C=O) groups excluding carboxylic acids is 2. The molecule has 0 bridgehead atoms. The Morgan fingerprint density at radius 1 is 1.56 bits per heavy atom. The van der Waals surface area contributed by atoms with Gasteiger partial charge in [-0.2, -0.15) is 0 Å². The van der Waals surface area contributed by atoms with Crippen LogP contribution in [0.2, 0.25) is 0 Å². The minimum absolute atomic E-state index is 0.0466. The number of carbonyl (C=O) groups is 2. The van der Waals surface area contributed by atoms with Crippen molar-refractivity contribution in [3.05, 3.63) is 29.6 Å². The van der Waals surface area contributed by atoms with E-state index in [4.69, 9.17) is 4.74 Å². The monoisotopic (exact) mass is 217 g/mol. The van der Waals surface area contributed by atoms with Crippen LogP contribution in [-0.2, 0) is 9.53 Å². The normalized spacial score (nSPS) is 8.81. The van der Waals surface area contributed by atoms with Crippen molar-refractivity contribution in [3.8, 4) is 11.8 Å². The third-order valence-corrected chi connectivity index (χ3v) is 1.68. The van der Waals surface area contributed by atoms with E-state index in [1.165, 1.54) is 6.20 Å². The van der Waals surface area contributed by atoms with Gasteiger partial charge in [0.05, 0.1) is 6.61 Å². The zero-order valence-electron chi connectivity index (χ0n) is 8.90. The largest absolute Gasteiger partial charge is 0.465 e. The van der Waals surface area contributed by atoms with E-state index < -0.39 is 0 Å². The van der Waals surface area contributed by atoms with Crippen molar-refractivity contribution >= 4 is 12.3 Å². The molecule has 4 heteroatoms. The quantitative estimate of drug-likeness (QED) is 0.433. The predicted molar refractivity (Wildman–Crippen MR) is 57.8 cm³/mol. The van der Waals surface area contributed by atoms with Crippen LogP contribution in [0.25, 0.3) is 0 Å². The zero-order chi connectivity index (χ0) is 11.8. The Labute approximate surface area is 93.6 Å². The second kappa shape index (κ2) is 6.36. The Morgan fingerprint density at radius 3 is 2.94 bits per heavy atom. The molecule has 0 unspecified atom stereocenters. The number of aldehydes is 1. The molecule has 0 aromatic carbocycles. The van der Waals surface area contributed by atoms with Gasteiger partial charge in [0.15, 0.2) is 6.29 Å². The molecule has 0 atom stereocenters. The van der Waals surface area contributed by atoms with Gasteiger partial charge in [0.25, 0.3) is 0 Å². The van der Waals surface area contributed by atoms with Gasteiger partial charge in [0, 0.05) is 11.8 Å². The van der Waals surface area contributed by atoms with Gasteiger partial charge in [-0.25, -0.2) is 4.98 Å². The first kappa shape index (κ1) is 11.9. The number of pyridine rings is 1. The molecule has 0 aliphatic carbocycles. The Bertz CT molecular complexity index is 426. The second-order valence-electron chi connectivity index (χ2n) is 2.88. The predicted octanol–water partition coefficient (Wildman–Crippen LogP) is 1.20. The molecule has 1 heterocycles. The summed E-state index contributed by atoms with van der Waals surface area (Å²) in [5.74, 6) is 5.01. The fourth-order valence-electron chi connectivity index (χ4n) is 0.968. The van der Waals surface area contributed by atoms with Crippen LogP contribution in [0.1, 0.15) is 29.4 Å². The number of nitrogens with zero attached hydrogens (tertiary/aromatic N) is 1. The molecule has 0 amide bonds. The van der Waals surface area contributed by atoms with E-state index in [-0.39, 0.29) is 12.4 Å². The average molecular weight is 217 g/mol. The first-order chi connectivity index (χ1) is 7.76. The van der Waals surface area contributed by atoms with Gasteiger partial charge in [-0.15, -0.1) is 0 Å². The van der Waals surface area contributed by atoms with Crippen LogP contribution in [0.4, 0.5) is 0 Å². The molecule has 0 saturated carbocycles. The highest BCUT2D eigenvalue weighted by molar-refractivity contribution is 5.74. The van der Waals surface area contributed by atoms with Gasteiger partial charge >= 0.3 is 5.97 Å². The van der Waals surface area contributed by atoms with Gasteiger partial charge in [0.1, 0.15) is 12.1 Å². The maximum atomic E-state index is 10.9. The third-order valence-electron chi connectivity index (χ3n) is 1.68. The maximum Gasteiger partial charge on any atom is 0.317 e. The standard InChI is InChI=1S/C12H11NO3/c1-2-16-12(15)5-3-4-11-7-6-10(9-14)8-13-11/h6-9H,2,5H2,1H3. The number of hydrogen-bond donors (Lipinski definition) is 0. The van der Waals surface area contributed by atoms with Crippen LogP contribution >= 0.6 is 0 Å². The SMILES string of the molecule is CCOC(=O)CC#Cc1ccc(C=O)cn1. The van der Waals surface area contributed by atoms with Gasteiger partial charge in [-0.3, -0.25) is 9.59 Å². The first-order valence-corrected chi connectivity index (χ1v) is 4.82. The molecule has 0 fully saturated rings. The van der Waals surface area contributed by atoms with Crippen LogP contribution in [0.15, 0.2) is 18.3 Å². The molecule has 0 saturated heterocycles. The van der Waals surface area contributed by atoms with Crippen molar-refractivity contribution in [1.29, 1.82) is 0 Å². The Kier molecular flexibility index (Phi) is 4.74. The van der Waals surface area contributed by atoms with Crippen LogP contribution in [-0.4, -0.2) is 23.8 Å². The molecule has 0 N–H and O–H groups in total. The minimum Gasteiger partial charge on any atom is -0.465 e. The molecule has 82 valence electrons. The van der Waals surface area contributed by atoms with E-state index in [1.54, 1.807) is 19.1 Å². The Balaban J connectivity index is 2.56. The van der Waals surface area contributed by atoms with Crippen molar-refractivity contribution in [3.63, 3.8) is 0 Å². The van der Waals surface area contributed by atoms with Crippen molar-refractivity contribution in [2.75, 3.05) is 6.61 Å². The third kappa shape index (κ3) is 3.93. The van der Waals surface area contributed by atoms with Gasteiger partial charge in [-0.05, 0) is 25.0 Å². The molecule has 4 nitrogen and oxygen atoms in total. The smallest absolute Gasteiger partial charge is 0.317 e. The van der Waals surface area contributed by atoms with Crippen LogP contribution in [0.3, 0.4) is 0 Å². The van der Waals surface area contributed by atoms with Crippen molar-refractivity contribution in [2.45, 2.75) is 13.3 Å². The number of aromatic nitrogens is 1. The second-order valence-corrected chi connectivity index (χ2v) is 2.88. The van der Waals surface area contributed by atoms with E-state index in [0.29, 0.717) is 24.2 Å². The highest BCUT2D eigenvalue weighted by Crippen LogP contribution is 1.96. The number of esters is 1. The molecule has 0 spiro atoms. The maximum absolute atomic E-state index is 10.9. The molecule has 1 aromatic heterocycles. The Morgan fingerprint density at radius 2 is 2.38 bits per heavy atom. The summed E-state index contributed by atoms with van der Waals surface area (Å²) in [6, 6.07) is 3.25. The van der Waals surface area contributed by atoms with E-state index in [0.717, 1.165) is 0 Å². The van der Waals surface area contributed by atoms with E-state index in [9.17, 15) is 9.59 Å². The van der Waals surface area contributed by atoms with Crippen molar-refractivity contribution < 1.29 is 14.3 Å². The lowest BCUT2D eigenvalue weighted by atomic mass is 10.2. The molecule has 16 heavy (non-hydrogen) atoms. The molecule has 0 radical (unpaired) electrons. The summed E-state index contributed by atoms with van der Waals surface area (Å²) in [5.41, 5.74) is 1.02.